The SMILES string of the molecule is COCCC(=O)N1CC(c2nc(CCOCC3CCOCC3)no2)C1. The van der Waals surface area contributed by atoms with E-state index in [9.17, 15) is 4.79 Å². The van der Waals surface area contributed by atoms with Gasteiger partial charge >= 0.3 is 0 Å². The number of nitrogens with zero attached hydrogens (tertiary/aromatic N) is 3. The summed E-state index contributed by atoms with van der Waals surface area (Å²) in [5.74, 6) is 2.16. The topological polar surface area (TPSA) is 86.9 Å². The van der Waals surface area contributed by atoms with Gasteiger partial charge in [-0.25, -0.2) is 0 Å². The highest BCUT2D eigenvalue weighted by molar-refractivity contribution is 5.77. The Morgan fingerprint density at radius 3 is 2.84 bits per heavy atom. The third-order valence-electron chi connectivity index (χ3n) is 4.75. The Labute approximate surface area is 147 Å². The average Bonchev–Trinajstić information content (AvgIpc) is 3.05. The Morgan fingerprint density at radius 2 is 2.08 bits per heavy atom. The Hall–Kier alpha value is -1.51. The van der Waals surface area contributed by atoms with Crippen LogP contribution in [0.4, 0.5) is 0 Å². The van der Waals surface area contributed by atoms with E-state index in [-0.39, 0.29) is 11.8 Å². The Balaban J connectivity index is 1.32. The van der Waals surface area contributed by atoms with Crippen molar-refractivity contribution in [3.05, 3.63) is 11.7 Å². The maximum atomic E-state index is 11.8. The van der Waals surface area contributed by atoms with Gasteiger partial charge in [-0.3, -0.25) is 4.79 Å². The molecule has 2 aliphatic heterocycles. The summed E-state index contributed by atoms with van der Waals surface area (Å²) in [6.45, 7) is 4.80. The van der Waals surface area contributed by atoms with Crippen molar-refractivity contribution in [1.82, 2.24) is 15.0 Å². The molecule has 8 nitrogen and oxygen atoms in total. The molecule has 0 N–H and O–H groups in total. The molecule has 0 aliphatic carbocycles. The van der Waals surface area contributed by atoms with Crippen molar-refractivity contribution in [2.75, 3.05) is 53.2 Å². The number of methoxy groups -OCH3 is 1. The summed E-state index contributed by atoms with van der Waals surface area (Å²) in [6.07, 6.45) is 3.22. The molecule has 0 atom stereocenters. The van der Waals surface area contributed by atoms with Crippen molar-refractivity contribution in [3.8, 4) is 0 Å². The fraction of sp³-hybridized carbons (Fsp3) is 0.824. The summed E-state index contributed by atoms with van der Waals surface area (Å²) >= 11 is 0. The first-order valence-electron chi connectivity index (χ1n) is 9.01. The number of likely N-dealkylation sites (tertiary alicyclic amines) is 1. The summed E-state index contributed by atoms with van der Waals surface area (Å²) in [4.78, 5) is 18.1. The molecule has 1 aromatic heterocycles. The van der Waals surface area contributed by atoms with Crippen molar-refractivity contribution >= 4 is 5.91 Å². The zero-order valence-electron chi connectivity index (χ0n) is 14.8. The molecule has 1 amide bonds. The molecule has 0 saturated carbocycles. The summed E-state index contributed by atoms with van der Waals surface area (Å²) in [5, 5.41) is 4.01. The van der Waals surface area contributed by atoms with Crippen molar-refractivity contribution in [1.29, 1.82) is 0 Å². The van der Waals surface area contributed by atoms with Gasteiger partial charge in [0.1, 0.15) is 0 Å². The van der Waals surface area contributed by atoms with Gasteiger partial charge in [0, 0.05) is 46.4 Å². The van der Waals surface area contributed by atoms with Gasteiger partial charge in [0.2, 0.25) is 11.8 Å². The van der Waals surface area contributed by atoms with E-state index in [1.54, 1.807) is 12.0 Å². The first-order valence-corrected chi connectivity index (χ1v) is 9.01. The molecule has 2 saturated heterocycles. The van der Waals surface area contributed by atoms with E-state index in [1.165, 1.54) is 0 Å². The van der Waals surface area contributed by atoms with Crippen LogP contribution in [0, 0.1) is 5.92 Å². The first kappa shape index (κ1) is 18.3. The fourth-order valence-electron chi connectivity index (χ4n) is 3.05. The van der Waals surface area contributed by atoms with Crippen molar-refractivity contribution < 1.29 is 23.5 Å². The number of carbonyl (C=O) groups is 1. The molecule has 0 bridgehead atoms. The van der Waals surface area contributed by atoms with Crippen LogP contribution in [0.1, 0.15) is 36.9 Å². The molecule has 1 aromatic rings. The number of hydrogen-bond donors (Lipinski definition) is 0. The van der Waals surface area contributed by atoms with Crippen LogP contribution in [-0.4, -0.2) is 74.2 Å². The highest BCUT2D eigenvalue weighted by Gasteiger charge is 2.35. The molecule has 0 unspecified atom stereocenters. The molecule has 140 valence electrons. The normalized spacial score (nSPS) is 19.2. The third kappa shape index (κ3) is 5.23. The molecule has 25 heavy (non-hydrogen) atoms. The Bertz CT molecular complexity index is 538. The van der Waals surface area contributed by atoms with Crippen LogP contribution in [0.15, 0.2) is 4.52 Å². The predicted octanol–water partition coefficient (Wildman–Crippen LogP) is 1.02. The van der Waals surface area contributed by atoms with E-state index in [4.69, 9.17) is 18.7 Å². The highest BCUT2D eigenvalue weighted by Crippen LogP contribution is 2.26. The van der Waals surface area contributed by atoms with Gasteiger partial charge in [-0.05, 0) is 18.8 Å². The average molecular weight is 353 g/mol. The summed E-state index contributed by atoms with van der Waals surface area (Å²) in [7, 11) is 1.60. The van der Waals surface area contributed by atoms with E-state index < -0.39 is 0 Å². The van der Waals surface area contributed by atoms with Gasteiger partial charge in [-0.1, -0.05) is 5.16 Å². The largest absolute Gasteiger partial charge is 0.384 e. The van der Waals surface area contributed by atoms with Crippen LogP contribution < -0.4 is 0 Å². The van der Waals surface area contributed by atoms with Crippen LogP contribution in [-0.2, 0) is 25.4 Å². The summed E-state index contributed by atoms with van der Waals surface area (Å²) < 4.78 is 21.3. The minimum Gasteiger partial charge on any atom is -0.384 e. The number of rotatable bonds is 9. The molecule has 0 aromatic carbocycles. The molecule has 3 rings (SSSR count). The van der Waals surface area contributed by atoms with Gasteiger partial charge in [-0.15, -0.1) is 0 Å². The van der Waals surface area contributed by atoms with Crippen LogP contribution in [0.3, 0.4) is 0 Å². The van der Waals surface area contributed by atoms with Crippen LogP contribution >= 0.6 is 0 Å². The predicted molar refractivity (Wildman–Crippen MR) is 88.2 cm³/mol. The Kier molecular flexibility index (Phi) is 6.77. The standard InChI is InChI=1S/C17H27N3O5/c1-22-6-5-16(21)20-10-14(11-20)17-18-15(19-25-17)4-9-24-12-13-2-7-23-8-3-13/h13-14H,2-12H2,1H3. The van der Waals surface area contributed by atoms with Crippen LogP contribution in [0.2, 0.25) is 0 Å². The summed E-state index contributed by atoms with van der Waals surface area (Å²) in [6, 6.07) is 0. The number of carbonyl (C=O) groups excluding carboxylic acids is 1. The van der Waals surface area contributed by atoms with Gasteiger partial charge in [0.15, 0.2) is 5.82 Å². The minimum atomic E-state index is 0.111. The van der Waals surface area contributed by atoms with Crippen LogP contribution in [0.5, 0.6) is 0 Å². The number of aromatic nitrogens is 2. The summed E-state index contributed by atoms with van der Waals surface area (Å²) in [5.41, 5.74) is 0. The molecular formula is C17H27N3O5. The Morgan fingerprint density at radius 1 is 1.28 bits per heavy atom. The maximum absolute atomic E-state index is 11.8. The second-order valence-electron chi connectivity index (χ2n) is 6.67. The van der Waals surface area contributed by atoms with Gasteiger partial charge < -0.3 is 23.6 Å². The molecule has 3 heterocycles. The molecule has 8 heteroatoms. The smallest absolute Gasteiger partial charge is 0.233 e. The van der Waals surface area contributed by atoms with E-state index in [0.29, 0.717) is 56.8 Å². The first-order chi connectivity index (χ1) is 12.3. The lowest BCUT2D eigenvalue weighted by Gasteiger charge is -2.37. The molecular weight excluding hydrogens is 326 g/mol. The zero-order chi connectivity index (χ0) is 17.5. The number of ether oxygens (including phenoxy) is 3. The maximum Gasteiger partial charge on any atom is 0.233 e. The van der Waals surface area contributed by atoms with Crippen molar-refractivity contribution in [2.24, 2.45) is 5.92 Å². The molecule has 2 fully saturated rings. The quantitative estimate of drug-likeness (QED) is 0.613. The van der Waals surface area contributed by atoms with Gasteiger partial charge in [0.25, 0.3) is 0 Å². The second kappa shape index (κ2) is 9.26. The fourth-order valence-corrected chi connectivity index (χ4v) is 3.05. The van der Waals surface area contributed by atoms with E-state index in [2.05, 4.69) is 10.1 Å². The third-order valence-corrected chi connectivity index (χ3v) is 4.75. The monoisotopic (exact) mass is 353 g/mol. The van der Waals surface area contributed by atoms with Crippen molar-refractivity contribution in [3.63, 3.8) is 0 Å². The van der Waals surface area contributed by atoms with Gasteiger partial charge in [-0.2, -0.15) is 4.98 Å². The lowest BCUT2D eigenvalue weighted by molar-refractivity contribution is -0.136. The lowest BCUT2D eigenvalue weighted by atomic mass is 10.00. The van der Waals surface area contributed by atoms with E-state index in [1.807, 2.05) is 0 Å². The minimum absolute atomic E-state index is 0.111. The van der Waals surface area contributed by atoms with Crippen molar-refractivity contribution in [2.45, 2.75) is 31.6 Å². The molecule has 0 spiro atoms. The zero-order valence-corrected chi connectivity index (χ0v) is 14.8. The number of amides is 1. The molecule has 2 aliphatic rings. The number of hydrogen-bond acceptors (Lipinski definition) is 7. The lowest BCUT2D eigenvalue weighted by Crippen LogP contribution is -2.48. The van der Waals surface area contributed by atoms with E-state index in [0.717, 1.165) is 32.7 Å². The van der Waals surface area contributed by atoms with Gasteiger partial charge in [0.05, 0.1) is 25.6 Å². The molecule has 0 radical (unpaired) electrons. The van der Waals surface area contributed by atoms with E-state index >= 15 is 0 Å². The second-order valence-corrected chi connectivity index (χ2v) is 6.67. The highest BCUT2D eigenvalue weighted by atomic mass is 16.5. The van der Waals surface area contributed by atoms with Crippen LogP contribution in [0.25, 0.3) is 0 Å².